The number of rotatable bonds is 4. The molecule has 3 unspecified atom stereocenters. The van der Waals surface area contributed by atoms with Gasteiger partial charge in [0.2, 0.25) is 5.91 Å². The molecule has 1 heterocycles. The van der Waals surface area contributed by atoms with Crippen molar-refractivity contribution >= 4 is 29.7 Å². The first kappa shape index (κ1) is 21.6. The van der Waals surface area contributed by atoms with E-state index in [9.17, 15) is 14.0 Å². The first-order chi connectivity index (χ1) is 14.9. The van der Waals surface area contributed by atoms with Crippen LogP contribution in [-0.4, -0.2) is 35.1 Å². The van der Waals surface area contributed by atoms with Crippen LogP contribution in [0.4, 0.5) is 4.39 Å². The lowest BCUT2D eigenvalue weighted by atomic mass is 9.83. The number of likely N-dealkylation sites (N-methyl/N-ethyl adjacent to an activating group) is 1. The van der Waals surface area contributed by atoms with E-state index in [2.05, 4.69) is 5.32 Å². The summed E-state index contributed by atoms with van der Waals surface area (Å²) in [7, 11) is 1.85. The molecule has 3 atom stereocenters. The van der Waals surface area contributed by atoms with Gasteiger partial charge in [-0.15, -0.1) is 11.8 Å². The number of aryl methyl sites for hydroxylation is 1. The molecule has 0 spiro atoms. The van der Waals surface area contributed by atoms with Crippen LogP contribution in [0.25, 0.3) is 6.08 Å². The molecule has 0 bridgehead atoms. The third kappa shape index (κ3) is 4.85. The van der Waals surface area contributed by atoms with Crippen LogP contribution in [0.1, 0.15) is 36.0 Å². The molecule has 2 aromatic carbocycles. The average Bonchev–Trinajstić information content (AvgIpc) is 2.78. The van der Waals surface area contributed by atoms with Crippen LogP contribution in [0.3, 0.4) is 0 Å². The molecule has 2 amide bonds. The third-order valence-corrected chi connectivity index (χ3v) is 7.69. The highest BCUT2D eigenvalue weighted by Crippen LogP contribution is 2.43. The van der Waals surface area contributed by atoms with E-state index >= 15 is 0 Å². The number of fused-ring (bicyclic) bond motifs is 1. The molecule has 0 aromatic heterocycles. The number of halogens is 1. The van der Waals surface area contributed by atoms with E-state index in [1.807, 2.05) is 49.2 Å². The highest BCUT2D eigenvalue weighted by Gasteiger charge is 2.42. The third-order valence-electron chi connectivity index (χ3n) is 6.29. The summed E-state index contributed by atoms with van der Waals surface area (Å²) >= 11 is 1.66. The SMILES string of the molecule is Cc1ccccc1/C=C1\SC2CCC(C(=O)NCc3ccc(F)cc3)CC2N(C)C1=O. The Kier molecular flexibility index (Phi) is 6.46. The van der Waals surface area contributed by atoms with Crippen molar-refractivity contribution in [2.75, 3.05) is 7.05 Å². The normalized spacial score (nSPS) is 24.7. The zero-order chi connectivity index (χ0) is 22.0. The van der Waals surface area contributed by atoms with Crippen LogP contribution >= 0.6 is 11.8 Å². The van der Waals surface area contributed by atoms with Gasteiger partial charge in [-0.2, -0.15) is 0 Å². The molecule has 1 saturated heterocycles. The van der Waals surface area contributed by atoms with E-state index in [1.165, 1.54) is 12.1 Å². The Bertz CT molecular complexity index is 1000. The predicted octanol–water partition coefficient (Wildman–Crippen LogP) is 4.53. The quantitative estimate of drug-likeness (QED) is 0.714. The van der Waals surface area contributed by atoms with Crippen LogP contribution < -0.4 is 5.32 Å². The number of thioether (sulfide) groups is 1. The van der Waals surface area contributed by atoms with Gasteiger partial charge in [0.1, 0.15) is 5.82 Å². The Morgan fingerprint density at radius 1 is 1.19 bits per heavy atom. The van der Waals surface area contributed by atoms with Gasteiger partial charge in [-0.3, -0.25) is 9.59 Å². The number of nitrogens with one attached hydrogen (secondary N) is 1. The Balaban J connectivity index is 1.40. The minimum absolute atomic E-state index is 0.00914. The maximum absolute atomic E-state index is 13.0. The molecule has 4 nitrogen and oxygen atoms in total. The van der Waals surface area contributed by atoms with E-state index in [0.717, 1.165) is 34.4 Å². The molecule has 1 saturated carbocycles. The van der Waals surface area contributed by atoms with E-state index in [-0.39, 0.29) is 29.6 Å². The molecule has 2 fully saturated rings. The Hall–Kier alpha value is -2.60. The highest BCUT2D eigenvalue weighted by molar-refractivity contribution is 8.04. The summed E-state index contributed by atoms with van der Waals surface area (Å²) in [5.41, 5.74) is 3.09. The summed E-state index contributed by atoms with van der Waals surface area (Å²) in [5.74, 6) is -0.358. The number of benzene rings is 2. The highest BCUT2D eigenvalue weighted by atomic mass is 32.2. The fraction of sp³-hybridized carbons (Fsp3) is 0.360. The van der Waals surface area contributed by atoms with Gasteiger partial charge < -0.3 is 10.2 Å². The fourth-order valence-electron chi connectivity index (χ4n) is 4.36. The smallest absolute Gasteiger partial charge is 0.260 e. The zero-order valence-corrected chi connectivity index (χ0v) is 18.6. The number of nitrogens with zero attached hydrogens (tertiary/aromatic N) is 1. The summed E-state index contributed by atoms with van der Waals surface area (Å²) < 4.78 is 13.0. The summed E-state index contributed by atoms with van der Waals surface area (Å²) in [6, 6.07) is 14.3. The topological polar surface area (TPSA) is 49.4 Å². The zero-order valence-electron chi connectivity index (χ0n) is 17.8. The van der Waals surface area contributed by atoms with Crippen molar-refractivity contribution in [3.63, 3.8) is 0 Å². The van der Waals surface area contributed by atoms with Crippen molar-refractivity contribution in [2.45, 2.75) is 44.0 Å². The molecule has 162 valence electrons. The monoisotopic (exact) mass is 438 g/mol. The largest absolute Gasteiger partial charge is 0.352 e. The number of amides is 2. The second-order valence-electron chi connectivity index (χ2n) is 8.36. The molecular weight excluding hydrogens is 411 g/mol. The lowest BCUT2D eigenvalue weighted by Gasteiger charge is -2.44. The molecule has 1 N–H and O–H groups in total. The summed E-state index contributed by atoms with van der Waals surface area (Å²) in [6.45, 7) is 2.43. The van der Waals surface area contributed by atoms with Crippen LogP contribution in [0, 0.1) is 18.7 Å². The van der Waals surface area contributed by atoms with Gasteiger partial charge in [0.15, 0.2) is 0 Å². The van der Waals surface area contributed by atoms with Crippen molar-refractivity contribution in [1.82, 2.24) is 10.2 Å². The van der Waals surface area contributed by atoms with Crippen LogP contribution in [-0.2, 0) is 16.1 Å². The Morgan fingerprint density at radius 2 is 1.94 bits per heavy atom. The number of hydrogen-bond acceptors (Lipinski definition) is 3. The lowest BCUT2D eigenvalue weighted by Crippen LogP contribution is -2.52. The minimum atomic E-state index is -0.285. The molecule has 2 aromatic rings. The summed E-state index contributed by atoms with van der Waals surface area (Å²) in [6.07, 6.45) is 4.37. The lowest BCUT2D eigenvalue weighted by molar-refractivity contribution is -0.132. The molecular formula is C25H27FN2O2S. The van der Waals surface area contributed by atoms with Crippen LogP contribution in [0.5, 0.6) is 0 Å². The Labute approximate surface area is 186 Å². The average molecular weight is 439 g/mol. The molecule has 6 heteroatoms. The first-order valence-electron chi connectivity index (χ1n) is 10.7. The molecule has 31 heavy (non-hydrogen) atoms. The van der Waals surface area contributed by atoms with Crippen molar-refractivity contribution in [2.24, 2.45) is 5.92 Å². The minimum Gasteiger partial charge on any atom is -0.352 e. The number of carbonyl (C=O) groups is 2. The van der Waals surface area contributed by atoms with Crippen molar-refractivity contribution in [1.29, 1.82) is 0 Å². The summed E-state index contributed by atoms with van der Waals surface area (Å²) in [5, 5.41) is 3.28. The maximum Gasteiger partial charge on any atom is 0.260 e. The van der Waals surface area contributed by atoms with Crippen molar-refractivity contribution in [3.05, 3.63) is 75.9 Å². The molecule has 1 aliphatic carbocycles. The van der Waals surface area contributed by atoms with E-state index < -0.39 is 0 Å². The standard InChI is InChI=1S/C25H27FN2O2S/c1-16-5-3-4-6-18(16)14-23-25(30)28(2)21-13-19(9-12-22(21)31-23)24(29)27-15-17-7-10-20(26)11-8-17/h3-8,10-11,14,19,21-22H,9,12-13,15H2,1-2H3,(H,27,29)/b23-14-. The number of carbonyl (C=O) groups excluding carboxylic acids is 2. The molecule has 4 rings (SSSR count). The first-order valence-corrected chi connectivity index (χ1v) is 11.5. The number of hydrogen-bond donors (Lipinski definition) is 1. The maximum atomic E-state index is 13.0. The van der Waals surface area contributed by atoms with E-state index in [1.54, 1.807) is 23.9 Å². The van der Waals surface area contributed by atoms with Gasteiger partial charge in [0, 0.05) is 30.8 Å². The van der Waals surface area contributed by atoms with Gasteiger partial charge in [-0.05, 0) is 61.1 Å². The van der Waals surface area contributed by atoms with Crippen molar-refractivity contribution in [3.8, 4) is 0 Å². The second-order valence-corrected chi connectivity index (χ2v) is 9.64. The van der Waals surface area contributed by atoms with Gasteiger partial charge in [-0.25, -0.2) is 4.39 Å². The predicted molar refractivity (Wildman–Crippen MR) is 123 cm³/mol. The van der Waals surface area contributed by atoms with Crippen LogP contribution in [0.2, 0.25) is 0 Å². The Morgan fingerprint density at radius 3 is 2.68 bits per heavy atom. The molecule has 0 radical (unpaired) electrons. The van der Waals surface area contributed by atoms with Crippen LogP contribution in [0.15, 0.2) is 53.4 Å². The summed E-state index contributed by atoms with van der Waals surface area (Å²) in [4.78, 5) is 28.4. The van der Waals surface area contributed by atoms with Gasteiger partial charge in [0.05, 0.1) is 4.91 Å². The van der Waals surface area contributed by atoms with Gasteiger partial charge in [-0.1, -0.05) is 36.4 Å². The van der Waals surface area contributed by atoms with Gasteiger partial charge in [0.25, 0.3) is 5.91 Å². The fourth-order valence-corrected chi connectivity index (χ4v) is 5.83. The second kappa shape index (κ2) is 9.27. The molecule has 2 aliphatic rings. The van der Waals surface area contributed by atoms with E-state index in [0.29, 0.717) is 18.2 Å². The van der Waals surface area contributed by atoms with Crippen molar-refractivity contribution < 1.29 is 14.0 Å². The van der Waals surface area contributed by atoms with E-state index in [4.69, 9.17) is 0 Å². The van der Waals surface area contributed by atoms with Gasteiger partial charge >= 0.3 is 0 Å². The molecule has 1 aliphatic heterocycles.